The van der Waals surface area contributed by atoms with E-state index in [1.54, 1.807) is 14.0 Å². The predicted octanol–water partition coefficient (Wildman–Crippen LogP) is 3.69. The fourth-order valence-corrected chi connectivity index (χ4v) is 2.80. The first-order chi connectivity index (χ1) is 11.4. The van der Waals surface area contributed by atoms with Gasteiger partial charge in [0.05, 0.1) is 20.3 Å². The predicted molar refractivity (Wildman–Crippen MR) is 101 cm³/mol. The van der Waals surface area contributed by atoms with Gasteiger partial charge in [-0.2, -0.15) is 0 Å². The molecule has 25 heavy (non-hydrogen) atoms. The van der Waals surface area contributed by atoms with Gasteiger partial charge in [0.1, 0.15) is 0 Å². The fraction of sp³-hybridized carbons (Fsp3) is 0.778. The first-order valence-corrected chi connectivity index (χ1v) is 11.6. The Morgan fingerprint density at radius 3 is 2.12 bits per heavy atom. The number of hydrogen-bond donors (Lipinski definition) is 0. The normalized spacial score (nSPS) is 13.3. The first kappa shape index (κ1) is 23.8. The second-order valence-corrected chi connectivity index (χ2v) is 12.4. The van der Waals surface area contributed by atoms with E-state index in [2.05, 4.69) is 33.9 Å². The Hall–Kier alpha value is -1.18. The van der Waals surface area contributed by atoms with E-state index in [4.69, 9.17) is 14.0 Å². The molecule has 0 unspecified atom stereocenters. The summed E-state index contributed by atoms with van der Waals surface area (Å²) in [6, 6.07) is 0. The van der Waals surface area contributed by atoms with Gasteiger partial charge in [0.2, 0.25) is 5.91 Å². The summed E-state index contributed by atoms with van der Waals surface area (Å²) in [4.78, 5) is 29.1. The van der Waals surface area contributed by atoms with Crippen LogP contribution < -0.4 is 0 Å². The van der Waals surface area contributed by atoms with E-state index < -0.39 is 8.32 Å². The van der Waals surface area contributed by atoms with Gasteiger partial charge in [-0.3, -0.25) is 9.63 Å². The van der Waals surface area contributed by atoms with Crippen LogP contribution in [0.3, 0.4) is 0 Å². The zero-order valence-electron chi connectivity index (χ0n) is 17.3. The van der Waals surface area contributed by atoms with Gasteiger partial charge in [-0.05, 0) is 44.0 Å². The maximum atomic E-state index is 12.3. The SMILES string of the molecule is CCOC(=O)/C(CCC(=O)N(C)OC)=C(/C)CO[Si](C)(C)C(C)(C)C. The van der Waals surface area contributed by atoms with Gasteiger partial charge < -0.3 is 9.16 Å². The van der Waals surface area contributed by atoms with Crippen LogP contribution in [0.2, 0.25) is 18.1 Å². The van der Waals surface area contributed by atoms with E-state index in [1.807, 2.05) is 6.92 Å². The molecule has 0 radical (unpaired) electrons. The number of amides is 1. The maximum Gasteiger partial charge on any atom is 0.334 e. The van der Waals surface area contributed by atoms with Gasteiger partial charge in [-0.1, -0.05) is 20.8 Å². The Labute approximate surface area is 153 Å². The monoisotopic (exact) mass is 373 g/mol. The lowest BCUT2D eigenvalue weighted by Gasteiger charge is -2.36. The number of hydrogen-bond acceptors (Lipinski definition) is 5. The summed E-state index contributed by atoms with van der Waals surface area (Å²) in [6.07, 6.45) is 0.480. The highest BCUT2D eigenvalue weighted by atomic mass is 28.4. The van der Waals surface area contributed by atoms with Gasteiger partial charge in [0.25, 0.3) is 0 Å². The van der Waals surface area contributed by atoms with Crippen molar-refractivity contribution in [3.8, 4) is 0 Å². The second-order valence-electron chi connectivity index (χ2n) is 7.60. The van der Waals surface area contributed by atoms with Crippen molar-refractivity contribution in [3.05, 3.63) is 11.1 Å². The summed E-state index contributed by atoms with van der Waals surface area (Å²) in [7, 11) is 1.06. The number of carbonyl (C=O) groups is 2. The highest BCUT2D eigenvalue weighted by Gasteiger charge is 2.37. The lowest BCUT2D eigenvalue weighted by molar-refractivity contribution is -0.168. The van der Waals surface area contributed by atoms with Crippen molar-refractivity contribution in [2.24, 2.45) is 0 Å². The Morgan fingerprint density at radius 2 is 1.68 bits per heavy atom. The fourth-order valence-electron chi connectivity index (χ4n) is 1.79. The molecular weight excluding hydrogens is 338 g/mol. The van der Waals surface area contributed by atoms with Gasteiger partial charge >= 0.3 is 5.97 Å². The van der Waals surface area contributed by atoms with Crippen LogP contribution >= 0.6 is 0 Å². The summed E-state index contributed by atoms with van der Waals surface area (Å²) in [5.41, 5.74) is 1.33. The van der Waals surface area contributed by atoms with Crippen molar-refractivity contribution in [1.29, 1.82) is 0 Å². The molecule has 0 atom stereocenters. The number of hydroxylamine groups is 2. The van der Waals surface area contributed by atoms with Gasteiger partial charge in [0, 0.05) is 19.0 Å². The smallest absolute Gasteiger partial charge is 0.334 e. The quantitative estimate of drug-likeness (QED) is 0.267. The molecule has 0 saturated carbocycles. The molecule has 0 heterocycles. The summed E-state index contributed by atoms with van der Waals surface area (Å²) >= 11 is 0. The average molecular weight is 374 g/mol. The van der Waals surface area contributed by atoms with Crippen LogP contribution in [-0.4, -0.2) is 52.6 Å². The largest absolute Gasteiger partial charge is 0.463 e. The molecule has 0 aliphatic heterocycles. The first-order valence-electron chi connectivity index (χ1n) is 8.67. The Balaban J connectivity index is 5.20. The summed E-state index contributed by atoms with van der Waals surface area (Å²) in [6.45, 7) is 15.1. The molecule has 0 fully saturated rings. The zero-order chi connectivity index (χ0) is 19.8. The molecule has 0 bridgehead atoms. The average Bonchev–Trinajstić information content (AvgIpc) is 2.51. The van der Waals surface area contributed by atoms with Crippen molar-refractivity contribution in [2.75, 3.05) is 27.4 Å². The zero-order valence-corrected chi connectivity index (χ0v) is 18.3. The van der Waals surface area contributed by atoms with Gasteiger partial charge in [-0.25, -0.2) is 9.86 Å². The summed E-state index contributed by atoms with van der Waals surface area (Å²) < 4.78 is 11.3. The molecular formula is C18H35NO5Si. The minimum Gasteiger partial charge on any atom is -0.463 e. The molecule has 0 N–H and O–H groups in total. The van der Waals surface area contributed by atoms with Crippen LogP contribution in [0.4, 0.5) is 0 Å². The second kappa shape index (κ2) is 10.1. The number of ether oxygens (including phenoxy) is 1. The third kappa shape index (κ3) is 7.71. The minimum absolute atomic E-state index is 0.0918. The standard InChI is InChI=1S/C18H35NO5Si/c1-10-23-17(21)15(11-12-16(20)19(6)22-7)14(2)13-24-25(8,9)18(3,4)5/h10-13H2,1-9H3/b15-14-. The van der Waals surface area contributed by atoms with Crippen molar-refractivity contribution in [1.82, 2.24) is 5.06 Å². The summed E-state index contributed by atoms with van der Waals surface area (Å²) in [5.74, 6) is -0.575. The molecule has 0 aromatic rings. The molecule has 0 saturated heterocycles. The Morgan fingerprint density at radius 1 is 1.12 bits per heavy atom. The molecule has 0 rings (SSSR count). The van der Waals surface area contributed by atoms with Crippen LogP contribution in [0.15, 0.2) is 11.1 Å². The molecule has 146 valence electrons. The van der Waals surface area contributed by atoms with E-state index in [1.165, 1.54) is 7.11 Å². The van der Waals surface area contributed by atoms with Crippen molar-refractivity contribution in [2.45, 2.75) is 65.6 Å². The molecule has 0 spiro atoms. The molecule has 1 amide bonds. The lowest BCUT2D eigenvalue weighted by Crippen LogP contribution is -2.41. The maximum absolute atomic E-state index is 12.3. The van der Waals surface area contributed by atoms with E-state index in [0.717, 1.165) is 10.6 Å². The van der Waals surface area contributed by atoms with E-state index >= 15 is 0 Å². The van der Waals surface area contributed by atoms with Crippen LogP contribution in [-0.2, 0) is 23.6 Å². The number of nitrogens with zero attached hydrogens (tertiary/aromatic N) is 1. The van der Waals surface area contributed by atoms with Crippen LogP contribution in [0.25, 0.3) is 0 Å². The van der Waals surface area contributed by atoms with E-state index in [9.17, 15) is 9.59 Å². The number of rotatable bonds is 9. The lowest BCUT2D eigenvalue weighted by atomic mass is 10.0. The molecule has 0 aromatic heterocycles. The van der Waals surface area contributed by atoms with Crippen LogP contribution in [0.5, 0.6) is 0 Å². The van der Waals surface area contributed by atoms with Crippen molar-refractivity contribution >= 4 is 20.2 Å². The molecule has 0 aromatic carbocycles. The molecule has 7 heteroatoms. The number of esters is 1. The van der Waals surface area contributed by atoms with Crippen LogP contribution in [0, 0.1) is 0 Å². The summed E-state index contributed by atoms with van der Waals surface area (Å²) in [5, 5.41) is 1.25. The van der Waals surface area contributed by atoms with Crippen molar-refractivity contribution < 1.29 is 23.6 Å². The third-order valence-corrected chi connectivity index (χ3v) is 9.19. The minimum atomic E-state index is -1.92. The van der Waals surface area contributed by atoms with E-state index in [0.29, 0.717) is 25.2 Å². The van der Waals surface area contributed by atoms with Gasteiger partial charge in [-0.15, -0.1) is 0 Å². The third-order valence-electron chi connectivity index (χ3n) is 4.71. The van der Waals surface area contributed by atoms with Gasteiger partial charge in [0.15, 0.2) is 8.32 Å². The Kier molecular flexibility index (Phi) is 9.61. The highest BCUT2D eigenvalue weighted by Crippen LogP contribution is 2.36. The van der Waals surface area contributed by atoms with Crippen molar-refractivity contribution in [3.63, 3.8) is 0 Å². The van der Waals surface area contributed by atoms with E-state index in [-0.39, 0.29) is 23.3 Å². The van der Waals surface area contributed by atoms with Crippen LogP contribution in [0.1, 0.15) is 47.5 Å². The Bertz CT molecular complexity index is 494. The molecule has 0 aliphatic carbocycles. The highest BCUT2D eigenvalue weighted by molar-refractivity contribution is 6.74. The number of carbonyl (C=O) groups excluding carboxylic acids is 2. The molecule has 6 nitrogen and oxygen atoms in total. The molecule has 0 aliphatic rings. The topological polar surface area (TPSA) is 65.1 Å².